The molecule has 1 aliphatic heterocycles. The molecule has 0 bridgehead atoms. The molecule has 0 saturated carbocycles. The highest BCUT2D eigenvalue weighted by Gasteiger charge is 2.32. The van der Waals surface area contributed by atoms with E-state index in [-0.39, 0.29) is 18.1 Å². The monoisotopic (exact) mass is 462 g/mol. The van der Waals surface area contributed by atoms with Crippen LogP contribution in [0.3, 0.4) is 0 Å². The number of aromatic nitrogens is 3. The molecule has 11 heteroatoms. The molecular weight excluding hydrogens is 445 g/mol. The van der Waals surface area contributed by atoms with E-state index in [1.165, 1.54) is 18.5 Å². The summed E-state index contributed by atoms with van der Waals surface area (Å²) in [4.78, 5) is 33.2. The zero-order valence-electron chi connectivity index (χ0n) is 16.5. The summed E-state index contributed by atoms with van der Waals surface area (Å²) in [6, 6.07) is 9.02. The lowest BCUT2D eigenvalue weighted by Gasteiger charge is -2.26. The SMILES string of the molecule is O=C(O)c1cccc(C2=CCN(c3ncn(Cc4ccc(C(F)(F)F)s4)c(=O)n3)CC2)c1. The molecule has 1 N–H and O–H groups in total. The van der Waals surface area contributed by atoms with E-state index >= 15 is 0 Å². The molecule has 166 valence electrons. The Morgan fingerprint density at radius 3 is 2.66 bits per heavy atom. The van der Waals surface area contributed by atoms with E-state index in [0.29, 0.717) is 35.7 Å². The first-order valence-corrected chi connectivity index (χ1v) is 10.4. The Morgan fingerprint density at radius 2 is 2.03 bits per heavy atom. The number of carbonyl (C=O) groups is 1. The quantitative estimate of drug-likeness (QED) is 0.621. The molecule has 0 radical (unpaired) electrons. The molecule has 1 aromatic carbocycles. The van der Waals surface area contributed by atoms with Crippen molar-refractivity contribution in [2.24, 2.45) is 0 Å². The number of aromatic carboxylic acids is 1. The first-order valence-electron chi connectivity index (χ1n) is 9.58. The number of thiophene rings is 1. The van der Waals surface area contributed by atoms with E-state index in [2.05, 4.69) is 9.97 Å². The van der Waals surface area contributed by atoms with Crippen LogP contribution in [-0.4, -0.2) is 38.7 Å². The lowest BCUT2D eigenvalue weighted by Crippen LogP contribution is -2.33. The number of rotatable bonds is 5. The number of halogens is 3. The third kappa shape index (κ3) is 4.72. The molecule has 0 aliphatic carbocycles. The minimum Gasteiger partial charge on any atom is -0.478 e. The minimum atomic E-state index is -4.41. The second-order valence-corrected chi connectivity index (χ2v) is 8.31. The van der Waals surface area contributed by atoms with E-state index in [1.807, 2.05) is 17.0 Å². The largest absolute Gasteiger partial charge is 0.478 e. The fourth-order valence-electron chi connectivity index (χ4n) is 3.36. The maximum Gasteiger partial charge on any atom is 0.425 e. The standard InChI is InChI=1S/C21H17F3N4O3S/c22-21(23,24)17-5-4-16(32-17)11-28-12-25-19(26-20(28)31)27-8-6-13(7-9-27)14-2-1-3-15(10-14)18(29)30/h1-6,10,12H,7-9,11H2,(H,29,30). The molecule has 2 aromatic heterocycles. The molecule has 0 spiro atoms. The van der Waals surface area contributed by atoms with Crippen molar-refractivity contribution in [3.8, 4) is 0 Å². The molecule has 3 aromatic rings. The van der Waals surface area contributed by atoms with E-state index in [9.17, 15) is 22.8 Å². The van der Waals surface area contributed by atoms with Gasteiger partial charge in [-0.15, -0.1) is 11.3 Å². The Morgan fingerprint density at radius 1 is 1.22 bits per heavy atom. The van der Waals surface area contributed by atoms with Gasteiger partial charge in [-0.2, -0.15) is 18.2 Å². The Labute approximate surface area is 184 Å². The van der Waals surface area contributed by atoms with Gasteiger partial charge in [0.05, 0.1) is 12.1 Å². The number of anilines is 1. The van der Waals surface area contributed by atoms with Gasteiger partial charge in [0.15, 0.2) is 0 Å². The van der Waals surface area contributed by atoms with Crippen molar-refractivity contribution >= 4 is 28.8 Å². The van der Waals surface area contributed by atoms with Crippen LogP contribution in [0.1, 0.15) is 32.1 Å². The highest BCUT2D eigenvalue weighted by atomic mass is 32.1. The van der Waals surface area contributed by atoms with Gasteiger partial charge in [-0.3, -0.25) is 4.57 Å². The van der Waals surface area contributed by atoms with Gasteiger partial charge >= 0.3 is 17.8 Å². The number of hydrogen-bond acceptors (Lipinski definition) is 6. The van der Waals surface area contributed by atoms with Crippen LogP contribution in [0, 0.1) is 0 Å². The Bertz CT molecular complexity index is 1250. The van der Waals surface area contributed by atoms with Crippen LogP contribution in [0.2, 0.25) is 0 Å². The van der Waals surface area contributed by atoms with Crippen molar-refractivity contribution < 1.29 is 23.1 Å². The van der Waals surface area contributed by atoms with Crippen molar-refractivity contribution in [2.75, 3.05) is 18.0 Å². The molecule has 3 heterocycles. The van der Waals surface area contributed by atoms with Crippen LogP contribution in [0.25, 0.3) is 5.57 Å². The summed E-state index contributed by atoms with van der Waals surface area (Å²) >= 11 is 0.581. The Hall–Kier alpha value is -3.47. The molecule has 0 saturated heterocycles. The fourth-order valence-corrected chi connectivity index (χ4v) is 4.23. The summed E-state index contributed by atoms with van der Waals surface area (Å²) in [5.74, 6) is -0.751. The zero-order chi connectivity index (χ0) is 22.9. The summed E-state index contributed by atoms with van der Waals surface area (Å²) in [6.45, 7) is 0.937. The van der Waals surface area contributed by atoms with Crippen molar-refractivity contribution in [2.45, 2.75) is 19.1 Å². The number of alkyl halides is 3. The maximum absolute atomic E-state index is 12.8. The predicted octanol–water partition coefficient (Wildman–Crippen LogP) is 3.76. The molecular formula is C21H17F3N4O3S. The number of carboxylic acid groups (broad SMARTS) is 1. The molecule has 4 rings (SSSR count). The van der Waals surface area contributed by atoms with Gasteiger partial charge in [0.25, 0.3) is 0 Å². The second kappa shape index (κ2) is 8.58. The lowest BCUT2D eigenvalue weighted by molar-refractivity contribution is -0.134. The molecule has 7 nitrogen and oxygen atoms in total. The maximum atomic E-state index is 12.8. The molecule has 0 fully saturated rings. The molecule has 0 atom stereocenters. The zero-order valence-corrected chi connectivity index (χ0v) is 17.4. The van der Waals surface area contributed by atoms with Gasteiger partial charge in [-0.1, -0.05) is 18.2 Å². The van der Waals surface area contributed by atoms with E-state index < -0.39 is 22.7 Å². The second-order valence-electron chi connectivity index (χ2n) is 7.14. The third-order valence-corrected chi connectivity index (χ3v) is 6.11. The first-order chi connectivity index (χ1) is 15.2. The summed E-state index contributed by atoms with van der Waals surface area (Å²) in [7, 11) is 0. The minimum absolute atomic E-state index is 0.0379. The van der Waals surface area contributed by atoms with Crippen LogP contribution in [-0.2, 0) is 12.7 Å². The average molecular weight is 462 g/mol. The van der Waals surface area contributed by atoms with Gasteiger partial charge in [0.1, 0.15) is 11.2 Å². The van der Waals surface area contributed by atoms with Crippen LogP contribution < -0.4 is 10.6 Å². The van der Waals surface area contributed by atoms with Crippen molar-refractivity contribution in [3.05, 3.63) is 80.2 Å². The third-order valence-electron chi connectivity index (χ3n) is 4.99. The topological polar surface area (TPSA) is 88.3 Å². The number of hydrogen-bond donors (Lipinski definition) is 1. The van der Waals surface area contributed by atoms with E-state index in [4.69, 9.17) is 5.11 Å². The summed E-state index contributed by atoms with van der Waals surface area (Å²) in [5.41, 5.74) is 1.44. The van der Waals surface area contributed by atoms with Crippen molar-refractivity contribution in [1.29, 1.82) is 0 Å². The first kappa shape index (κ1) is 21.8. The van der Waals surface area contributed by atoms with Crippen molar-refractivity contribution in [3.63, 3.8) is 0 Å². The fraction of sp³-hybridized carbons (Fsp3) is 0.238. The van der Waals surface area contributed by atoms with Gasteiger partial charge in [0, 0.05) is 18.0 Å². The highest BCUT2D eigenvalue weighted by molar-refractivity contribution is 7.12. The van der Waals surface area contributed by atoms with Crippen LogP contribution in [0.5, 0.6) is 0 Å². The number of carboxylic acids is 1. The van der Waals surface area contributed by atoms with Crippen LogP contribution >= 0.6 is 11.3 Å². The van der Waals surface area contributed by atoms with Gasteiger partial charge < -0.3 is 10.0 Å². The van der Waals surface area contributed by atoms with E-state index in [1.54, 1.807) is 12.1 Å². The molecule has 32 heavy (non-hydrogen) atoms. The summed E-state index contributed by atoms with van der Waals surface area (Å²) < 4.78 is 39.4. The average Bonchev–Trinajstić information content (AvgIpc) is 3.25. The predicted molar refractivity (Wildman–Crippen MR) is 113 cm³/mol. The van der Waals surface area contributed by atoms with Crippen LogP contribution in [0.15, 0.2) is 53.6 Å². The van der Waals surface area contributed by atoms with Gasteiger partial charge in [-0.25, -0.2) is 14.6 Å². The Kier molecular flexibility index (Phi) is 5.83. The number of nitrogens with zero attached hydrogens (tertiary/aromatic N) is 4. The summed E-state index contributed by atoms with van der Waals surface area (Å²) in [6.07, 6.45) is -0.578. The summed E-state index contributed by atoms with van der Waals surface area (Å²) in [5, 5.41) is 9.15. The molecule has 0 amide bonds. The highest BCUT2D eigenvalue weighted by Crippen LogP contribution is 2.34. The Balaban J connectivity index is 1.46. The normalized spacial score (nSPS) is 14.3. The van der Waals surface area contributed by atoms with Crippen LogP contribution in [0.4, 0.5) is 19.1 Å². The van der Waals surface area contributed by atoms with Crippen molar-refractivity contribution in [1.82, 2.24) is 14.5 Å². The molecule has 1 aliphatic rings. The van der Waals surface area contributed by atoms with Gasteiger partial charge in [0.2, 0.25) is 5.95 Å². The smallest absolute Gasteiger partial charge is 0.425 e. The molecule has 0 unspecified atom stereocenters. The lowest BCUT2D eigenvalue weighted by atomic mass is 9.98. The van der Waals surface area contributed by atoms with Gasteiger partial charge in [-0.05, 0) is 41.8 Å². The number of benzene rings is 1. The van der Waals surface area contributed by atoms with E-state index in [0.717, 1.165) is 21.8 Å².